The molecule has 76 valence electrons. The Bertz CT molecular complexity index is 296. The Morgan fingerprint density at radius 3 is 3.07 bits per heavy atom. The fourth-order valence-corrected chi connectivity index (χ4v) is 1.39. The molecule has 2 rings (SSSR count). The summed E-state index contributed by atoms with van der Waals surface area (Å²) in [6, 6.07) is 1.90. The van der Waals surface area contributed by atoms with Crippen molar-refractivity contribution in [2.45, 2.75) is 19.3 Å². The summed E-state index contributed by atoms with van der Waals surface area (Å²) in [7, 11) is 1.82. The number of aromatic nitrogens is 2. The molecular formula is C10H16N4. The lowest BCUT2D eigenvalue weighted by Gasteiger charge is -2.05. The Morgan fingerprint density at radius 2 is 2.36 bits per heavy atom. The van der Waals surface area contributed by atoms with Gasteiger partial charge in [-0.05, 0) is 18.4 Å². The van der Waals surface area contributed by atoms with Gasteiger partial charge in [0.1, 0.15) is 5.82 Å². The quantitative estimate of drug-likeness (QED) is 0.746. The summed E-state index contributed by atoms with van der Waals surface area (Å²) in [4.78, 5) is 8.33. The highest BCUT2D eigenvalue weighted by Gasteiger charge is 2.20. The summed E-state index contributed by atoms with van der Waals surface area (Å²) < 4.78 is 0. The summed E-state index contributed by atoms with van der Waals surface area (Å²) in [5.41, 5.74) is 0. The van der Waals surface area contributed by atoms with E-state index in [0.29, 0.717) is 5.95 Å². The van der Waals surface area contributed by atoms with E-state index < -0.39 is 0 Å². The van der Waals surface area contributed by atoms with Gasteiger partial charge in [0, 0.05) is 19.8 Å². The smallest absolute Gasteiger partial charge is 0.224 e. The first-order chi connectivity index (χ1) is 6.88. The van der Waals surface area contributed by atoms with Crippen LogP contribution >= 0.6 is 0 Å². The molecule has 1 heterocycles. The topological polar surface area (TPSA) is 49.8 Å². The standard InChI is InChI=1S/C10H16N4/c1-11-10-13-7-5-9(14-10)12-6-4-8-2-3-8/h5,7-8H,2-4,6H2,1H3,(H2,11,12,13,14). The molecule has 0 saturated heterocycles. The van der Waals surface area contributed by atoms with Gasteiger partial charge in [0.25, 0.3) is 0 Å². The van der Waals surface area contributed by atoms with Crippen LogP contribution in [0.3, 0.4) is 0 Å². The molecule has 1 saturated carbocycles. The van der Waals surface area contributed by atoms with Crippen LogP contribution in [0.1, 0.15) is 19.3 Å². The third kappa shape index (κ3) is 2.58. The minimum Gasteiger partial charge on any atom is -0.370 e. The van der Waals surface area contributed by atoms with Crippen molar-refractivity contribution in [3.05, 3.63) is 12.3 Å². The predicted octanol–water partition coefficient (Wildman–Crippen LogP) is 1.73. The molecule has 0 aliphatic heterocycles. The number of nitrogens with zero attached hydrogens (tertiary/aromatic N) is 2. The van der Waals surface area contributed by atoms with Crippen LogP contribution < -0.4 is 10.6 Å². The van der Waals surface area contributed by atoms with Crippen molar-refractivity contribution in [2.75, 3.05) is 24.2 Å². The van der Waals surface area contributed by atoms with Crippen molar-refractivity contribution < 1.29 is 0 Å². The normalized spacial score (nSPS) is 15.2. The SMILES string of the molecule is CNc1nccc(NCCC2CC2)n1. The summed E-state index contributed by atoms with van der Waals surface area (Å²) in [5, 5.41) is 6.22. The summed E-state index contributed by atoms with van der Waals surface area (Å²) in [5.74, 6) is 2.54. The van der Waals surface area contributed by atoms with Crippen molar-refractivity contribution in [3.63, 3.8) is 0 Å². The first kappa shape index (κ1) is 9.24. The maximum atomic E-state index is 4.28. The third-order valence-corrected chi connectivity index (χ3v) is 2.43. The van der Waals surface area contributed by atoms with Gasteiger partial charge in [0.15, 0.2) is 0 Å². The van der Waals surface area contributed by atoms with Crippen LogP contribution in [0.4, 0.5) is 11.8 Å². The number of hydrogen-bond acceptors (Lipinski definition) is 4. The van der Waals surface area contributed by atoms with E-state index in [1.54, 1.807) is 6.20 Å². The molecule has 2 N–H and O–H groups in total. The molecule has 1 fully saturated rings. The predicted molar refractivity (Wildman–Crippen MR) is 57.4 cm³/mol. The number of hydrogen-bond donors (Lipinski definition) is 2. The van der Waals surface area contributed by atoms with Gasteiger partial charge in [-0.15, -0.1) is 0 Å². The van der Waals surface area contributed by atoms with Crippen LogP contribution in [0.15, 0.2) is 12.3 Å². The summed E-state index contributed by atoms with van der Waals surface area (Å²) in [6.07, 6.45) is 5.84. The second kappa shape index (κ2) is 4.26. The maximum Gasteiger partial charge on any atom is 0.224 e. The zero-order valence-electron chi connectivity index (χ0n) is 8.45. The number of rotatable bonds is 5. The second-order valence-corrected chi connectivity index (χ2v) is 3.67. The molecule has 0 unspecified atom stereocenters. The molecule has 0 bridgehead atoms. The third-order valence-electron chi connectivity index (χ3n) is 2.43. The van der Waals surface area contributed by atoms with Crippen LogP contribution in [0, 0.1) is 5.92 Å². The van der Waals surface area contributed by atoms with E-state index in [1.165, 1.54) is 19.3 Å². The van der Waals surface area contributed by atoms with Gasteiger partial charge in [0.05, 0.1) is 0 Å². The van der Waals surface area contributed by atoms with Gasteiger partial charge < -0.3 is 10.6 Å². The lowest BCUT2D eigenvalue weighted by molar-refractivity contribution is 0.758. The average Bonchev–Trinajstić information content (AvgIpc) is 3.02. The molecule has 1 aromatic rings. The van der Waals surface area contributed by atoms with E-state index in [4.69, 9.17) is 0 Å². The van der Waals surface area contributed by atoms with E-state index in [-0.39, 0.29) is 0 Å². The summed E-state index contributed by atoms with van der Waals surface area (Å²) >= 11 is 0. The molecule has 0 radical (unpaired) electrons. The molecule has 0 amide bonds. The molecule has 1 aliphatic carbocycles. The highest BCUT2D eigenvalue weighted by atomic mass is 15.1. The minimum absolute atomic E-state index is 0.668. The van der Waals surface area contributed by atoms with Gasteiger partial charge in [-0.1, -0.05) is 12.8 Å². The van der Waals surface area contributed by atoms with Crippen molar-refractivity contribution in [2.24, 2.45) is 5.92 Å². The molecule has 0 spiro atoms. The largest absolute Gasteiger partial charge is 0.370 e. The molecule has 1 aliphatic rings. The van der Waals surface area contributed by atoms with E-state index in [9.17, 15) is 0 Å². The summed E-state index contributed by atoms with van der Waals surface area (Å²) in [6.45, 7) is 1.02. The van der Waals surface area contributed by atoms with Gasteiger partial charge >= 0.3 is 0 Å². The molecule has 4 heteroatoms. The van der Waals surface area contributed by atoms with E-state index in [2.05, 4.69) is 20.6 Å². The van der Waals surface area contributed by atoms with Crippen molar-refractivity contribution in [1.82, 2.24) is 9.97 Å². The van der Waals surface area contributed by atoms with Crippen molar-refractivity contribution in [1.29, 1.82) is 0 Å². The lowest BCUT2D eigenvalue weighted by Crippen LogP contribution is -2.05. The Kier molecular flexibility index (Phi) is 2.81. The van der Waals surface area contributed by atoms with Gasteiger partial charge in [-0.2, -0.15) is 4.98 Å². The fraction of sp³-hybridized carbons (Fsp3) is 0.600. The van der Waals surface area contributed by atoms with Crippen LogP contribution in [0.2, 0.25) is 0 Å². The van der Waals surface area contributed by atoms with Gasteiger partial charge in [-0.3, -0.25) is 0 Å². The molecule has 1 aromatic heterocycles. The maximum absolute atomic E-state index is 4.28. The van der Waals surface area contributed by atoms with Crippen LogP contribution in [-0.4, -0.2) is 23.6 Å². The molecular weight excluding hydrogens is 176 g/mol. The Morgan fingerprint density at radius 1 is 1.50 bits per heavy atom. The van der Waals surface area contributed by atoms with Gasteiger partial charge in [0.2, 0.25) is 5.95 Å². The van der Waals surface area contributed by atoms with Crippen molar-refractivity contribution >= 4 is 11.8 Å². The first-order valence-corrected chi connectivity index (χ1v) is 5.13. The molecule has 14 heavy (non-hydrogen) atoms. The van der Waals surface area contributed by atoms with E-state index >= 15 is 0 Å². The highest BCUT2D eigenvalue weighted by molar-refractivity contribution is 5.38. The zero-order chi connectivity index (χ0) is 9.80. The molecule has 0 aromatic carbocycles. The van der Waals surface area contributed by atoms with Crippen LogP contribution in [-0.2, 0) is 0 Å². The Labute approximate surface area is 84.2 Å². The van der Waals surface area contributed by atoms with Crippen LogP contribution in [0.25, 0.3) is 0 Å². The Balaban J connectivity index is 1.81. The minimum atomic E-state index is 0.668. The molecule has 0 atom stereocenters. The fourth-order valence-electron chi connectivity index (χ4n) is 1.39. The number of nitrogens with one attached hydrogen (secondary N) is 2. The second-order valence-electron chi connectivity index (χ2n) is 3.67. The zero-order valence-corrected chi connectivity index (χ0v) is 8.45. The lowest BCUT2D eigenvalue weighted by atomic mass is 10.3. The van der Waals surface area contributed by atoms with Crippen LogP contribution in [0.5, 0.6) is 0 Å². The first-order valence-electron chi connectivity index (χ1n) is 5.13. The Hall–Kier alpha value is -1.32. The molecule has 4 nitrogen and oxygen atoms in total. The van der Waals surface area contributed by atoms with Gasteiger partial charge in [-0.25, -0.2) is 4.98 Å². The average molecular weight is 192 g/mol. The van der Waals surface area contributed by atoms with Crippen molar-refractivity contribution in [3.8, 4) is 0 Å². The van der Waals surface area contributed by atoms with E-state index in [1.807, 2.05) is 13.1 Å². The monoisotopic (exact) mass is 192 g/mol. The van der Waals surface area contributed by atoms with E-state index in [0.717, 1.165) is 18.3 Å². The number of anilines is 2. The highest BCUT2D eigenvalue weighted by Crippen LogP contribution is 2.31.